The fraction of sp³-hybridized carbons (Fsp3) is 0.294. The average molecular weight is 342 g/mol. The van der Waals surface area contributed by atoms with Crippen molar-refractivity contribution in [1.29, 1.82) is 0 Å². The highest BCUT2D eigenvalue weighted by molar-refractivity contribution is 5.92. The molecule has 0 saturated carbocycles. The second kappa shape index (κ2) is 6.46. The van der Waals surface area contributed by atoms with E-state index >= 15 is 0 Å². The van der Waals surface area contributed by atoms with Crippen molar-refractivity contribution < 1.29 is 18.2 Å². The Morgan fingerprint density at radius 1 is 1.24 bits per heavy atom. The second-order valence-corrected chi connectivity index (χ2v) is 5.89. The van der Waals surface area contributed by atoms with Gasteiger partial charge in [-0.15, -0.1) is 0 Å². The lowest BCUT2D eigenvalue weighted by molar-refractivity contribution is 0.0699. The molecule has 1 saturated heterocycles. The minimum absolute atomic E-state index is 0.213. The number of likely N-dealkylation sites (tertiary alicyclic amines) is 1. The van der Waals surface area contributed by atoms with Gasteiger partial charge in [-0.25, -0.2) is 4.39 Å². The molecule has 3 heterocycles. The molecule has 0 N–H and O–H groups in total. The molecule has 0 unspecified atom stereocenters. The number of halogens is 1. The van der Waals surface area contributed by atoms with Gasteiger partial charge in [-0.1, -0.05) is 22.4 Å². The minimum atomic E-state index is -0.287. The smallest absolute Gasteiger partial charge is 0.276 e. The molecule has 4 rings (SSSR count). The number of amides is 1. The number of hydrogen-bond acceptors (Lipinski definition) is 6. The van der Waals surface area contributed by atoms with E-state index < -0.39 is 0 Å². The summed E-state index contributed by atoms with van der Waals surface area (Å²) in [6.07, 6.45) is 3.41. The van der Waals surface area contributed by atoms with Crippen LogP contribution in [0.1, 0.15) is 46.7 Å². The van der Waals surface area contributed by atoms with Crippen molar-refractivity contribution in [3.63, 3.8) is 0 Å². The summed E-state index contributed by atoms with van der Waals surface area (Å²) in [5.41, 5.74) is 1.15. The quantitative estimate of drug-likeness (QED) is 0.725. The van der Waals surface area contributed by atoms with Crippen LogP contribution in [0.15, 0.2) is 45.6 Å². The van der Waals surface area contributed by atoms with Crippen LogP contribution in [0.2, 0.25) is 0 Å². The summed E-state index contributed by atoms with van der Waals surface area (Å²) in [6.45, 7) is 0.603. The molecule has 0 spiro atoms. The van der Waals surface area contributed by atoms with Crippen molar-refractivity contribution in [2.75, 3.05) is 6.54 Å². The first kappa shape index (κ1) is 15.5. The van der Waals surface area contributed by atoms with E-state index in [1.165, 1.54) is 24.5 Å². The van der Waals surface area contributed by atoms with Crippen molar-refractivity contribution in [2.24, 2.45) is 0 Å². The van der Waals surface area contributed by atoms with Crippen LogP contribution < -0.4 is 0 Å². The highest BCUT2D eigenvalue weighted by atomic mass is 19.1. The molecule has 1 amide bonds. The fourth-order valence-electron chi connectivity index (χ4n) is 3.00. The number of carbonyl (C=O) groups is 1. The van der Waals surface area contributed by atoms with Crippen LogP contribution in [-0.2, 0) is 6.42 Å². The van der Waals surface area contributed by atoms with Gasteiger partial charge in [0.05, 0.1) is 0 Å². The Hall–Kier alpha value is -3.03. The third-order valence-corrected chi connectivity index (χ3v) is 4.21. The Balaban J connectivity index is 1.50. The molecule has 128 valence electrons. The summed E-state index contributed by atoms with van der Waals surface area (Å²) in [5.74, 6) is 0.411. The summed E-state index contributed by atoms with van der Waals surface area (Å²) in [5, 5.41) is 7.68. The average Bonchev–Trinajstić information content (AvgIpc) is 3.37. The first-order valence-electron chi connectivity index (χ1n) is 7.99. The first-order chi connectivity index (χ1) is 12.2. The van der Waals surface area contributed by atoms with E-state index in [9.17, 15) is 9.18 Å². The Kier molecular flexibility index (Phi) is 4.01. The van der Waals surface area contributed by atoms with Crippen LogP contribution in [0.5, 0.6) is 0 Å². The van der Waals surface area contributed by atoms with E-state index in [0.717, 1.165) is 18.4 Å². The number of hydrogen-bond donors (Lipinski definition) is 0. The van der Waals surface area contributed by atoms with Crippen LogP contribution in [0.4, 0.5) is 4.39 Å². The predicted octanol–water partition coefficient (Wildman–Crippen LogP) is 2.76. The van der Waals surface area contributed by atoms with E-state index in [1.807, 2.05) is 0 Å². The molecule has 3 aromatic rings. The maximum Gasteiger partial charge on any atom is 0.276 e. The number of rotatable bonds is 4. The Morgan fingerprint density at radius 2 is 2.08 bits per heavy atom. The lowest BCUT2D eigenvalue weighted by Crippen LogP contribution is -2.31. The Morgan fingerprint density at radius 3 is 2.84 bits per heavy atom. The van der Waals surface area contributed by atoms with E-state index in [2.05, 4.69) is 15.3 Å². The lowest BCUT2D eigenvalue weighted by Gasteiger charge is -2.20. The number of aromatic nitrogens is 3. The van der Waals surface area contributed by atoms with Gasteiger partial charge in [-0.2, -0.15) is 4.98 Å². The molecule has 2 aromatic heterocycles. The molecule has 0 bridgehead atoms. The molecule has 1 aromatic carbocycles. The molecule has 1 atom stereocenters. The molecule has 25 heavy (non-hydrogen) atoms. The van der Waals surface area contributed by atoms with Gasteiger partial charge in [0.25, 0.3) is 5.91 Å². The summed E-state index contributed by atoms with van der Waals surface area (Å²) in [4.78, 5) is 18.6. The molecule has 0 radical (unpaired) electrons. The fourth-order valence-corrected chi connectivity index (χ4v) is 3.00. The van der Waals surface area contributed by atoms with E-state index in [0.29, 0.717) is 24.7 Å². The normalized spacial score (nSPS) is 17.2. The van der Waals surface area contributed by atoms with Crippen molar-refractivity contribution >= 4 is 5.91 Å². The zero-order valence-electron chi connectivity index (χ0n) is 13.3. The van der Waals surface area contributed by atoms with Crippen molar-refractivity contribution in [3.05, 3.63) is 65.4 Å². The van der Waals surface area contributed by atoms with Crippen molar-refractivity contribution in [2.45, 2.75) is 25.3 Å². The van der Waals surface area contributed by atoms with Crippen molar-refractivity contribution in [1.82, 2.24) is 20.2 Å². The van der Waals surface area contributed by atoms with Gasteiger partial charge in [0.2, 0.25) is 5.89 Å². The summed E-state index contributed by atoms with van der Waals surface area (Å²) in [6, 6.07) is 7.42. The monoisotopic (exact) mass is 342 g/mol. The van der Waals surface area contributed by atoms with E-state index in [4.69, 9.17) is 9.05 Å². The highest BCUT2D eigenvalue weighted by Crippen LogP contribution is 2.32. The van der Waals surface area contributed by atoms with Gasteiger partial charge in [0.15, 0.2) is 11.5 Å². The van der Waals surface area contributed by atoms with Gasteiger partial charge >= 0.3 is 0 Å². The third-order valence-electron chi connectivity index (χ3n) is 4.21. The summed E-state index contributed by atoms with van der Waals surface area (Å²) >= 11 is 0. The molecular weight excluding hydrogens is 327 g/mol. The van der Waals surface area contributed by atoms with Crippen LogP contribution in [0, 0.1) is 5.82 Å². The topological polar surface area (TPSA) is 85.3 Å². The van der Waals surface area contributed by atoms with Gasteiger partial charge in [-0.3, -0.25) is 4.79 Å². The molecule has 7 nitrogen and oxygen atoms in total. The SMILES string of the molecule is O=C(c1ccon1)N1CCC[C@H]1c1nc(Cc2ccc(F)cc2)no1. The maximum atomic E-state index is 13.0. The number of carbonyl (C=O) groups excluding carboxylic acids is 1. The Labute approximate surface area is 142 Å². The van der Waals surface area contributed by atoms with Crippen LogP contribution in [0.3, 0.4) is 0 Å². The number of nitrogens with zero attached hydrogens (tertiary/aromatic N) is 4. The van der Waals surface area contributed by atoms with Crippen LogP contribution in [-0.4, -0.2) is 32.6 Å². The van der Waals surface area contributed by atoms with Gasteiger partial charge in [0, 0.05) is 19.0 Å². The van der Waals surface area contributed by atoms with Crippen molar-refractivity contribution in [3.8, 4) is 0 Å². The third kappa shape index (κ3) is 3.15. The lowest BCUT2D eigenvalue weighted by atomic mass is 10.1. The minimum Gasteiger partial charge on any atom is -0.364 e. The first-order valence-corrected chi connectivity index (χ1v) is 7.99. The largest absolute Gasteiger partial charge is 0.364 e. The zero-order chi connectivity index (χ0) is 17.2. The van der Waals surface area contributed by atoms with Gasteiger partial charge in [-0.05, 0) is 30.5 Å². The predicted molar refractivity (Wildman–Crippen MR) is 83.0 cm³/mol. The summed E-state index contributed by atoms with van der Waals surface area (Å²) in [7, 11) is 0. The van der Waals surface area contributed by atoms with Crippen LogP contribution in [0.25, 0.3) is 0 Å². The standard InChI is InChI=1S/C17H15FN4O3/c18-12-5-3-11(4-6-12)10-15-19-16(25-21-15)14-2-1-8-22(14)17(23)13-7-9-24-20-13/h3-7,9,14H,1-2,8,10H2/t14-/m0/s1. The summed E-state index contributed by atoms with van der Waals surface area (Å²) < 4.78 is 23.1. The number of benzene rings is 1. The van der Waals surface area contributed by atoms with E-state index in [-0.39, 0.29) is 23.5 Å². The van der Waals surface area contributed by atoms with Gasteiger partial charge < -0.3 is 13.9 Å². The molecule has 8 heteroatoms. The van der Waals surface area contributed by atoms with Gasteiger partial charge in [0.1, 0.15) is 18.1 Å². The molecule has 0 aliphatic carbocycles. The highest BCUT2D eigenvalue weighted by Gasteiger charge is 2.35. The molecule has 1 fully saturated rings. The maximum absolute atomic E-state index is 13.0. The molecule has 1 aliphatic rings. The van der Waals surface area contributed by atoms with Crippen LogP contribution >= 0.6 is 0 Å². The molecule has 1 aliphatic heterocycles. The van der Waals surface area contributed by atoms with E-state index in [1.54, 1.807) is 17.0 Å². The molecular formula is C17H15FN4O3. The Bertz CT molecular complexity index is 860. The second-order valence-electron chi connectivity index (χ2n) is 5.89. The zero-order valence-corrected chi connectivity index (χ0v) is 13.3.